The Balaban J connectivity index is 1.68. The zero-order valence-electron chi connectivity index (χ0n) is 15.5. The Morgan fingerprint density at radius 1 is 1.31 bits per heavy atom. The van der Waals surface area contributed by atoms with Crippen molar-refractivity contribution in [2.75, 3.05) is 26.3 Å². The van der Waals surface area contributed by atoms with Crippen LogP contribution in [0.5, 0.6) is 5.88 Å². The highest BCUT2D eigenvalue weighted by atomic mass is 16.6. The van der Waals surface area contributed by atoms with E-state index in [0.29, 0.717) is 44.2 Å². The van der Waals surface area contributed by atoms with Gasteiger partial charge in [0.25, 0.3) is 5.91 Å². The number of amides is 2. The van der Waals surface area contributed by atoms with E-state index in [2.05, 4.69) is 15.6 Å². The van der Waals surface area contributed by atoms with E-state index < -0.39 is 11.7 Å². The average molecular weight is 365 g/mol. The Hall–Kier alpha value is -2.35. The standard InChI is InChI=1S/C18H27N3O5/c1-18(2,3)26-17(23)21-8-4-7-20-16(22)13-5-9-19-15(11-13)25-14-6-10-24-12-14/h5,9,11,14H,4,6-8,10,12H2,1-3H3,(H,20,22)(H,21,23)/t14-/m1/s1. The van der Waals surface area contributed by atoms with E-state index in [-0.39, 0.29) is 12.0 Å². The van der Waals surface area contributed by atoms with Crippen molar-refractivity contribution in [3.63, 3.8) is 0 Å². The Labute approximate surface area is 153 Å². The minimum absolute atomic E-state index is 0.0141. The Kier molecular flexibility index (Phi) is 7.20. The zero-order valence-corrected chi connectivity index (χ0v) is 15.5. The molecule has 26 heavy (non-hydrogen) atoms. The first-order valence-corrected chi connectivity index (χ1v) is 8.79. The quantitative estimate of drug-likeness (QED) is 0.716. The number of carbonyl (C=O) groups is 2. The van der Waals surface area contributed by atoms with Crippen molar-refractivity contribution < 1.29 is 23.8 Å². The summed E-state index contributed by atoms with van der Waals surface area (Å²) in [6.45, 7) is 7.49. The van der Waals surface area contributed by atoms with Crippen LogP contribution in [0.15, 0.2) is 18.3 Å². The van der Waals surface area contributed by atoms with Gasteiger partial charge < -0.3 is 24.8 Å². The maximum atomic E-state index is 12.2. The van der Waals surface area contributed by atoms with Crippen molar-refractivity contribution in [1.82, 2.24) is 15.6 Å². The number of rotatable bonds is 7. The number of pyridine rings is 1. The third-order valence-corrected chi connectivity index (χ3v) is 3.48. The van der Waals surface area contributed by atoms with Crippen molar-refractivity contribution in [1.29, 1.82) is 0 Å². The number of nitrogens with one attached hydrogen (secondary N) is 2. The summed E-state index contributed by atoms with van der Waals surface area (Å²) in [5, 5.41) is 5.45. The van der Waals surface area contributed by atoms with Crippen LogP contribution in [-0.2, 0) is 9.47 Å². The molecule has 8 heteroatoms. The number of alkyl carbamates (subject to hydrolysis) is 1. The molecule has 0 aromatic carbocycles. The lowest BCUT2D eigenvalue weighted by atomic mass is 10.2. The van der Waals surface area contributed by atoms with Gasteiger partial charge in [-0.3, -0.25) is 4.79 Å². The zero-order chi connectivity index (χ0) is 19.0. The third kappa shape index (κ3) is 7.26. The van der Waals surface area contributed by atoms with Crippen molar-refractivity contribution in [3.05, 3.63) is 23.9 Å². The van der Waals surface area contributed by atoms with Crippen LogP contribution in [0.4, 0.5) is 4.79 Å². The van der Waals surface area contributed by atoms with Crippen LogP contribution < -0.4 is 15.4 Å². The predicted molar refractivity (Wildman–Crippen MR) is 95.3 cm³/mol. The molecule has 1 aromatic heterocycles. The number of aromatic nitrogens is 1. The van der Waals surface area contributed by atoms with Crippen molar-refractivity contribution in [2.45, 2.75) is 45.3 Å². The molecule has 1 fully saturated rings. The number of hydrogen-bond donors (Lipinski definition) is 2. The highest BCUT2D eigenvalue weighted by Crippen LogP contribution is 2.15. The molecule has 0 spiro atoms. The van der Waals surface area contributed by atoms with Gasteiger partial charge in [0.2, 0.25) is 5.88 Å². The molecule has 0 unspecified atom stereocenters. The number of nitrogens with zero attached hydrogens (tertiary/aromatic N) is 1. The van der Waals surface area contributed by atoms with Crippen LogP contribution in [0, 0.1) is 0 Å². The van der Waals surface area contributed by atoms with Gasteiger partial charge in [-0.2, -0.15) is 0 Å². The van der Waals surface area contributed by atoms with Gasteiger partial charge in [-0.1, -0.05) is 0 Å². The lowest BCUT2D eigenvalue weighted by Gasteiger charge is -2.19. The van der Waals surface area contributed by atoms with E-state index in [1.54, 1.807) is 39.1 Å². The normalized spacial score (nSPS) is 16.8. The molecule has 1 saturated heterocycles. The highest BCUT2D eigenvalue weighted by Gasteiger charge is 2.18. The van der Waals surface area contributed by atoms with Gasteiger partial charge in [-0.05, 0) is 33.3 Å². The fraction of sp³-hybridized carbons (Fsp3) is 0.611. The predicted octanol–water partition coefficient (Wildman–Crippen LogP) is 1.89. The van der Waals surface area contributed by atoms with Gasteiger partial charge >= 0.3 is 6.09 Å². The molecule has 0 aliphatic carbocycles. The van der Waals surface area contributed by atoms with Gasteiger partial charge in [0.15, 0.2) is 0 Å². The molecule has 2 amide bonds. The van der Waals surface area contributed by atoms with Crippen molar-refractivity contribution >= 4 is 12.0 Å². The second-order valence-corrected chi connectivity index (χ2v) is 7.02. The van der Waals surface area contributed by atoms with Crippen LogP contribution >= 0.6 is 0 Å². The van der Waals surface area contributed by atoms with Gasteiger partial charge in [-0.15, -0.1) is 0 Å². The highest BCUT2D eigenvalue weighted by molar-refractivity contribution is 5.94. The number of ether oxygens (including phenoxy) is 3. The topological polar surface area (TPSA) is 98.8 Å². The summed E-state index contributed by atoms with van der Waals surface area (Å²) in [5.41, 5.74) is -0.0432. The molecular formula is C18H27N3O5. The smallest absolute Gasteiger partial charge is 0.407 e. The molecule has 1 atom stereocenters. The molecular weight excluding hydrogens is 338 g/mol. The molecule has 144 valence electrons. The van der Waals surface area contributed by atoms with Crippen LogP contribution in [0.2, 0.25) is 0 Å². The van der Waals surface area contributed by atoms with E-state index in [0.717, 1.165) is 6.42 Å². The molecule has 2 rings (SSSR count). The van der Waals surface area contributed by atoms with E-state index in [1.165, 1.54) is 0 Å². The number of carbonyl (C=O) groups excluding carboxylic acids is 2. The first-order chi connectivity index (χ1) is 12.3. The van der Waals surface area contributed by atoms with Gasteiger partial charge in [0.1, 0.15) is 11.7 Å². The Morgan fingerprint density at radius 2 is 2.08 bits per heavy atom. The van der Waals surface area contributed by atoms with Crippen LogP contribution in [0.3, 0.4) is 0 Å². The second kappa shape index (κ2) is 9.38. The monoisotopic (exact) mass is 365 g/mol. The third-order valence-electron chi connectivity index (χ3n) is 3.48. The molecule has 2 N–H and O–H groups in total. The summed E-state index contributed by atoms with van der Waals surface area (Å²) >= 11 is 0. The van der Waals surface area contributed by atoms with E-state index in [9.17, 15) is 9.59 Å². The molecule has 1 aliphatic rings. The maximum absolute atomic E-state index is 12.2. The van der Waals surface area contributed by atoms with E-state index >= 15 is 0 Å². The van der Waals surface area contributed by atoms with Gasteiger partial charge in [0.05, 0.1) is 13.2 Å². The second-order valence-electron chi connectivity index (χ2n) is 7.02. The Bertz CT molecular complexity index is 609. The van der Waals surface area contributed by atoms with Crippen LogP contribution in [0.1, 0.15) is 44.0 Å². The van der Waals surface area contributed by atoms with Crippen molar-refractivity contribution in [3.8, 4) is 5.88 Å². The SMILES string of the molecule is CC(C)(C)OC(=O)NCCCNC(=O)c1ccnc(O[C@@H]2CCOC2)c1. The van der Waals surface area contributed by atoms with Crippen molar-refractivity contribution in [2.24, 2.45) is 0 Å². The fourth-order valence-corrected chi connectivity index (χ4v) is 2.29. The minimum atomic E-state index is -0.524. The molecule has 8 nitrogen and oxygen atoms in total. The van der Waals surface area contributed by atoms with E-state index in [1.807, 2.05) is 0 Å². The van der Waals surface area contributed by atoms with E-state index in [4.69, 9.17) is 14.2 Å². The summed E-state index contributed by atoms with van der Waals surface area (Å²) < 4.78 is 16.1. The first-order valence-electron chi connectivity index (χ1n) is 8.79. The lowest BCUT2D eigenvalue weighted by Crippen LogP contribution is -2.34. The van der Waals surface area contributed by atoms with Crippen LogP contribution in [0.25, 0.3) is 0 Å². The molecule has 0 bridgehead atoms. The molecule has 0 radical (unpaired) electrons. The lowest BCUT2D eigenvalue weighted by molar-refractivity contribution is 0.0527. The van der Waals surface area contributed by atoms with Gasteiger partial charge in [-0.25, -0.2) is 9.78 Å². The molecule has 2 heterocycles. The summed E-state index contributed by atoms with van der Waals surface area (Å²) in [7, 11) is 0. The Morgan fingerprint density at radius 3 is 2.77 bits per heavy atom. The molecule has 0 saturated carbocycles. The first kappa shape index (κ1) is 20.0. The summed E-state index contributed by atoms with van der Waals surface area (Å²) in [4.78, 5) is 27.8. The minimum Gasteiger partial charge on any atom is -0.472 e. The fourth-order valence-electron chi connectivity index (χ4n) is 2.29. The molecule has 1 aliphatic heterocycles. The summed E-state index contributed by atoms with van der Waals surface area (Å²) in [6, 6.07) is 3.25. The maximum Gasteiger partial charge on any atom is 0.407 e. The summed E-state index contributed by atoms with van der Waals surface area (Å²) in [5.74, 6) is 0.205. The van der Waals surface area contributed by atoms with Gasteiger partial charge in [0, 0.05) is 37.3 Å². The summed E-state index contributed by atoms with van der Waals surface area (Å²) in [6.07, 6.45) is 2.49. The molecule has 1 aromatic rings. The number of hydrogen-bond acceptors (Lipinski definition) is 6. The largest absolute Gasteiger partial charge is 0.472 e. The van der Waals surface area contributed by atoms with Crippen LogP contribution in [-0.4, -0.2) is 55.0 Å². The average Bonchev–Trinajstić information content (AvgIpc) is 3.06.